The normalized spacial score (nSPS) is 19.9. The van der Waals surface area contributed by atoms with E-state index in [2.05, 4.69) is 81.9 Å². The molecule has 0 radical (unpaired) electrons. The Hall–Kier alpha value is -3.34. The van der Waals surface area contributed by atoms with Crippen molar-refractivity contribution in [3.63, 3.8) is 0 Å². The first-order valence-corrected chi connectivity index (χ1v) is 13.6. The highest BCUT2D eigenvalue weighted by atomic mass is 79.9. The molecule has 0 spiro atoms. The lowest BCUT2D eigenvalue weighted by Gasteiger charge is -2.37. The van der Waals surface area contributed by atoms with Gasteiger partial charge in [-0.3, -0.25) is 4.99 Å². The fourth-order valence-electron chi connectivity index (χ4n) is 5.28. The molecule has 1 aliphatic carbocycles. The summed E-state index contributed by atoms with van der Waals surface area (Å²) < 4.78 is 7.08. The first kappa shape index (κ1) is 24.0. The number of aliphatic imine (C=N–C) groups is 1. The minimum atomic E-state index is 0.283. The second-order valence-corrected chi connectivity index (χ2v) is 10.9. The summed E-state index contributed by atoms with van der Waals surface area (Å²) in [7, 11) is 0. The Morgan fingerprint density at radius 1 is 0.973 bits per heavy atom. The topological polar surface area (TPSA) is 33.6 Å². The van der Waals surface area contributed by atoms with Gasteiger partial charge in [-0.1, -0.05) is 82.1 Å². The van der Waals surface area contributed by atoms with Crippen LogP contribution in [0.5, 0.6) is 5.75 Å². The molecule has 0 bridgehead atoms. The lowest BCUT2D eigenvalue weighted by molar-refractivity contribution is 0.306. The number of allylic oxidation sites excluding steroid dienone is 2. The minimum Gasteiger partial charge on any atom is -0.488 e. The van der Waals surface area contributed by atoms with Crippen molar-refractivity contribution in [2.45, 2.75) is 25.0 Å². The molecule has 1 aliphatic heterocycles. The average Bonchev–Trinajstić information content (AvgIpc) is 3.43. The van der Waals surface area contributed by atoms with Gasteiger partial charge in [0.15, 0.2) is 0 Å². The van der Waals surface area contributed by atoms with Crippen LogP contribution in [0, 0.1) is 5.92 Å². The fraction of sp³-hybridized carbons (Fsp3) is 0.156. The number of rotatable bonds is 6. The van der Waals surface area contributed by atoms with Gasteiger partial charge < -0.3 is 10.1 Å². The summed E-state index contributed by atoms with van der Waals surface area (Å²) >= 11 is 9.57. The number of anilines is 1. The van der Waals surface area contributed by atoms with Crippen molar-refractivity contribution < 1.29 is 4.74 Å². The summed E-state index contributed by atoms with van der Waals surface area (Å²) in [6, 6.07) is 31.2. The van der Waals surface area contributed by atoms with Crippen LogP contribution in [-0.4, -0.2) is 6.21 Å². The van der Waals surface area contributed by atoms with Gasteiger partial charge >= 0.3 is 0 Å². The van der Waals surface area contributed by atoms with E-state index in [0.29, 0.717) is 18.4 Å². The molecular formula is C32H26BrClN2O. The zero-order chi connectivity index (χ0) is 25.2. The van der Waals surface area contributed by atoms with Crippen molar-refractivity contribution in [2.24, 2.45) is 10.9 Å². The van der Waals surface area contributed by atoms with Gasteiger partial charge in [0.25, 0.3) is 0 Å². The number of nitrogens with zero attached hydrogens (tertiary/aromatic N) is 1. The van der Waals surface area contributed by atoms with Crippen LogP contribution in [0.3, 0.4) is 0 Å². The Morgan fingerprint density at radius 3 is 2.62 bits per heavy atom. The highest BCUT2D eigenvalue weighted by molar-refractivity contribution is 9.10. The predicted octanol–water partition coefficient (Wildman–Crippen LogP) is 9.26. The SMILES string of the molecule is Clc1ccc(COc2ccc(Br)cc2C=Nc2ccc([C@@H]3Nc4ccccc4[C@H]4C=CC[C@@H]43)cc2)cc1. The number of fused-ring (bicyclic) bond motifs is 3. The van der Waals surface area contributed by atoms with Crippen LogP contribution in [0.2, 0.25) is 5.02 Å². The van der Waals surface area contributed by atoms with Gasteiger partial charge in [0, 0.05) is 32.9 Å². The van der Waals surface area contributed by atoms with E-state index in [9.17, 15) is 0 Å². The third kappa shape index (κ3) is 5.22. The molecule has 6 rings (SSSR count). The van der Waals surface area contributed by atoms with Crippen molar-refractivity contribution in [2.75, 3.05) is 5.32 Å². The van der Waals surface area contributed by atoms with Crippen molar-refractivity contribution >= 4 is 45.1 Å². The van der Waals surface area contributed by atoms with E-state index in [-0.39, 0.29) is 6.04 Å². The maximum atomic E-state index is 6.10. The molecule has 0 unspecified atom stereocenters. The lowest BCUT2D eigenvalue weighted by Crippen LogP contribution is -2.28. The monoisotopic (exact) mass is 568 g/mol. The average molecular weight is 570 g/mol. The third-order valence-corrected chi connectivity index (χ3v) is 7.90. The summed E-state index contributed by atoms with van der Waals surface area (Å²) in [5, 5.41) is 4.52. The number of para-hydroxylation sites is 1. The standard InChI is InChI=1S/C32H26BrClN2O/c33-24-12-17-31(37-20-21-8-13-25(34)14-9-21)23(18-24)19-35-26-15-10-22(11-16-26)32-29-6-3-5-27(29)28-4-1-2-7-30(28)36-32/h1-5,7-19,27,29,32,36H,6,20H2/t27-,29+,32+/m1/s1. The van der Waals surface area contributed by atoms with E-state index in [1.165, 1.54) is 16.8 Å². The van der Waals surface area contributed by atoms with E-state index in [0.717, 1.165) is 38.5 Å². The number of halogens is 2. The largest absolute Gasteiger partial charge is 0.488 e. The van der Waals surface area contributed by atoms with Crippen LogP contribution in [0.4, 0.5) is 11.4 Å². The van der Waals surface area contributed by atoms with Gasteiger partial charge in [0.05, 0.1) is 11.7 Å². The number of benzene rings is 4. The first-order chi connectivity index (χ1) is 18.1. The maximum Gasteiger partial charge on any atom is 0.128 e. The van der Waals surface area contributed by atoms with Gasteiger partial charge in [-0.2, -0.15) is 0 Å². The molecule has 3 atom stereocenters. The fourth-order valence-corrected chi connectivity index (χ4v) is 5.78. The Bertz CT molecular complexity index is 1460. The summed E-state index contributed by atoms with van der Waals surface area (Å²) in [6.07, 6.45) is 7.66. The van der Waals surface area contributed by atoms with E-state index < -0.39 is 0 Å². The van der Waals surface area contributed by atoms with Gasteiger partial charge in [0.1, 0.15) is 12.4 Å². The number of nitrogens with one attached hydrogen (secondary N) is 1. The molecule has 2 aliphatic rings. The van der Waals surface area contributed by atoms with E-state index in [1.807, 2.05) is 48.7 Å². The first-order valence-electron chi connectivity index (χ1n) is 12.5. The van der Waals surface area contributed by atoms with Crippen LogP contribution in [-0.2, 0) is 6.61 Å². The van der Waals surface area contributed by atoms with E-state index in [4.69, 9.17) is 21.3 Å². The minimum absolute atomic E-state index is 0.283. The predicted molar refractivity (Wildman–Crippen MR) is 156 cm³/mol. The molecule has 0 saturated carbocycles. The molecule has 4 aromatic carbocycles. The molecule has 0 amide bonds. The second-order valence-electron chi connectivity index (χ2n) is 9.51. The zero-order valence-corrected chi connectivity index (χ0v) is 22.5. The lowest BCUT2D eigenvalue weighted by atomic mass is 9.77. The zero-order valence-electron chi connectivity index (χ0n) is 20.1. The van der Waals surface area contributed by atoms with Gasteiger partial charge in [-0.05, 0) is 77.6 Å². The molecule has 37 heavy (non-hydrogen) atoms. The maximum absolute atomic E-state index is 6.10. The Labute approximate surface area is 231 Å². The molecule has 0 fully saturated rings. The van der Waals surface area contributed by atoms with Crippen LogP contribution in [0.1, 0.15) is 40.6 Å². The van der Waals surface area contributed by atoms with Crippen LogP contribution >= 0.6 is 27.5 Å². The molecule has 0 saturated heterocycles. The summed E-state index contributed by atoms with van der Waals surface area (Å²) in [6.45, 7) is 0.461. The van der Waals surface area contributed by atoms with Crippen LogP contribution in [0.15, 0.2) is 113 Å². The Kier molecular flexibility index (Phi) is 6.86. The van der Waals surface area contributed by atoms with Crippen molar-refractivity contribution in [1.29, 1.82) is 0 Å². The van der Waals surface area contributed by atoms with E-state index in [1.54, 1.807) is 0 Å². The third-order valence-electron chi connectivity index (χ3n) is 7.16. The highest BCUT2D eigenvalue weighted by Crippen LogP contribution is 2.49. The number of hydrogen-bond acceptors (Lipinski definition) is 3. The molecule has 1 heterocycles. The molecule has 5 heteroatoms. The van der Waals surface area contributed by atoms with Crippen LogP contribution in [0.25, 0.3) is 0 Å². The molecule has 4 aromatic rings. The molecule has 0 aromatic heterocycles. The number of ether oxygens (including phenoxy) is 1. The van der Waals surface area contributed by atoms with Gasteiger partial charge in [0.2, 0.25) is 0 Å². The quantitative estimate of drug-likeness (QED) is 0.185. The Morgan fingerprint density at radius 2 is 1.78 bits per heavy atom. The van der Waals surface area contributed by atoms with Crippen LogP contribution < -0.4 is 10.1 Å². The Balaban J connectivity index is 1.18. The smallest absolute Gasteiger partial charge is 0.128 e. The van der Waals surface area contributed by atoms with Gasteiger partial charge in [-0.15, -0.1) is 0 Å². The highest BCUT2D eigenvalue weighted by Gasteiger charge is 2.37. The summed E-state index contributed by atoms with van der Waals surface area (Å²) in [5.41, 5.74) is 6.82. The summed E-state index contributed by atoms with van der Waals surface area (Å²) in [5.74, 6) is 1.79. The van der Waals surface area contributed by atoms with Crippen molar-refractivity contribution in [1.82, 2.24) is 0 Å². The van der Waals surface area contributed by atoms with E-state index >= 15 is 0 Å². The molecule has 3 nitrogen and oxygen atoms in total. The number of hydrogen-bond donors (Lipinski definition) is 1. The van der Waals surface area contributed by atoms with Crippen molar-refractivity contribution in [3.05, 3.63) is 135 Å². The molecule has 1 N–H and O–H groups in total. The summed E-state index contributed by atoms with van der Waals surface area (Å²) in [4.78, 5) is 4.76. The van der Waals surface area contributed by atoms with Crippen molar-refractivity contribution in [3.8, 4) is 5.75 Å². The van der Waals surface area contributed by atoms with Gasteiger partial charge in [-0.25, -0.2) is 0 Å². The molecule has 184 valence electrons. The second kappa shape index (κ2) is 10.6. The molecular weight excluding hydrogens is 544 g/mol.